The Morgan fingerprint density at radius 2 is 1.90 bits per heavy atom. The Balaban J connectivity index is 1.40. The molecule has 1 aliphatic heterocycles. The van der Waals surface area contributed by atoms with Gasteiger partial charge in [0.1, 0.15) is 5.69 Å². The summed E-state index contributed by atoms with van der Waals surface area (Å²) in [6, 6.07) is 0.494. The van der Waals surface area contributed by atoms with E-state index in [9.17, 15) is 9.59 Å². The Kier molecular flexibility index (Phi) is 8.29. The van der Waals surface area contributed by atoms with E-state index in [1.165, 1.54) is 43.4 Å². The Labute approximate surface area is 178 Å². The number of carbonyl (C=O) groups excluding carboxylic acids is 2. The van der Waals surface area contributed by atoms with E-state index in [2.05, 4.69) is 34.4 Å². The molecule has 162 valence electrons. The molecule has 1 aliphatic carbocycles. The maximum atomic E-state index is 12.8. The van der Waals surface area contributed by atoms with E-state index in [4.69, 9.17) is 0 Å². The quantitative estimate of drug-likeness (QED) is 0.675. The molecule has 2 heterocycles. The van der Waals surface area contributed by atoms with E-state index in [0.29, 0.717) is 37.3 Å². The van der Waals surface area contributed by atoms with E-state index in [1.807, 2.05) is 10.3 Å². The fourth-order valence-electron chi connectivity index (χ4n) is 3.89. The summed E-state index contributed by atoms with van der Waals surface area (Å²) in [4.78, 5) is 33.3. The van der Waals surface area contributed by atoms with Gasteiger partial charge in [-0.15, -0.1) is 11.3 Å². The summed E-state index contributed by atoms with van der Waals surface area (Å²) in [6.45, 7) is 8.17. The number of anilines is 1. The Bertz CT molecular complexity index is 664. The van der Waals surface area contributed by atoms with Gasteiger partial charge in [-0.25, -0.2) is 4.98 Å². The minimum atomic E-state index is -0.000945. The molecule has 0 radical (unpaired) electrons. The van der Waals surface area contributed by atoms with E-state index >= 15 is 0 Å². The van der Waals surface area contributed by atoms with E-state index in [-0.39, 0.29) is 11.8 Å². The highest BCUT2D eigenvalue weighted by Gasteiger charge is 2.25. The Morgan fingerprint density at radius 3 is 2.59 bits per heavy atom. The van der Waals surface area contributed by atoms with Crippen LogP contribution in [-0.4, -0.2) is 71.9 Å². The molecule has 2 aliphatic rings. The van der Waals surface area contributed by atoms with Gasteiger partial charge < -0.3 is 15.5 Å². The van der Waals surface area contributed by atoms with Crippen molar-refractivity contribution in [2.45, 2.75) is 58.4 Å². The smallest absolute Gasteiger partial charge is 0.273 e. The molecule has 8 heteroatoms. The zero-order valence-electron chi connectivity index (χ0n) is 17.8. The number of aromatic nitrogens is 1. The van der Waals surface area contributed by atoms with Crippen molar-refractivity contribution in [1.29, 1.82) is 0 Å². The molecule has 0 bridgehead atoms. The Hall–Kier alpha value is -1.67. The van der Waals surface area contributed by atoms with Crippen molar-refractivity contribution < 1.29 is 9.59 Å². The van der Waals surface area contributed by atoms with Crippen molar-refractivity contribution in [3.05, 3.63) is 11.1 Å². The van der Waals surface area contributed by atoms with Gasteiger partial charge in [-0.05, 0) is 25.2 Å². The molecule has 0 aromatic carbocycles. The molecule has 0 unspecified atom stereocenters. The number of hydrogen-bond donors (Lipinski definition) is 2. The topological polar surface area (TPSA) is 77.6 Å². The van der Waals surface area contributed by atoms with Gasteiger partial charge in [0.05, 0.1) is 6.54 Å². The third-order valence-corrected chi connectivity index (χ3v) is 6.50. The van der Waals surface area contributed by atoms with Crippen LogP contribution in [0.25, 0.3) is 0 Å². The molecule has 1 saturated heterocycles. The van der Waals surface area contributed by atoms with Gasteiger partial charge in [0.25, 0.3) is 5.91 Å². The lowest BCUT2D eigenvalue weighted by Gasteiger charge is -2.34. The minimum Gasteiger partial charge on any atom is -0.359 e. The van der Waals surface area contributed by atoms with Crippen molar-refractivity contribution >= 4 is 28.3 Å². The molecule has 29 heavy (non-hydrogen) atoms. The number of nitrogens with one attached hydrogen (secondary N) is 2. The highest BCUT2D eigenvalue weighted by molar-refractivity contribution is 7.13. The highest BCUT2D eigenvalue weighted by atomic mass is 32.1. The normalized spacial score (nSPS) is 18.8. The van der Waals surface area contributed by atoms with E-state index in [1.54, 1.807) is 0 Å². The summed E-state index contributed by atoms with van der Waals surface area (Å²) in [6.07, 6.45) is 7.25. The summed E-state index contributed by atoms with van der Waals surface area (Å²) in [7, 11) is 0. The number of amides is 2. The van der Waals surface area contributed by atoms with Crippen LogP contribution in [0.3, 0.4) is 0 Å². The first-order valence-corrected chi connectivity index (χ1v) is 11.9. The molecule has 2 amide bonds. The zero-order valence-corrected chi connectivity index (χ0v) is 18.6. The van der Waals surface area contributed by atoms with Gasteiger partial charge in [-0.3, -0.25) is 14.5 Å². The molecule has 0 atom stereocenters. The van der Waals surface area contributed by atoms with Gasteiger partial charge in [-0.2, -0.15) is 0 Å². The summed E-state index contributed by atoms with van der Waals surface area (Å²) in [5, 5.41) is 9.20. The summed E-state index contributed by atoms with van der Waals surface area (Å²) >= 11 is 1.52. The first-order valence-electron chi connectivity index (χ1n) is 11.0. The van der Waals surface area contributed by atoms with Crippen molar-refractivity contribution in [3.8, 4) is 0 Å². The molecular formula is C21H35N5O2S. The van der Waals surface area contributed by atoms with Crippen LogP contribution in [0.1, 0.15) is 62.9 Å². The van der Waals surface area contributed by atoms with E-state index < -0.39 is 0 Å². The number of thiazole rings is 1. The van der Waals surface area contributed by atoms with Gasteiger partial charge in [-0.1, -0.05) is 33.1 Å². The molecule has 2 N–H and O–H groups in total. The minimum absolute atomic E-state index is 0.000945. The van der Waals surface area contributed by atoms with Crippen LogP contribution in [0.2, 0.25) is 0 Å². The van der Waals surface area contributed by atoms with Crippen molar-refractivity contribution in [1.82, 2.24) is 20.1 Å². The Morgan fingerprint density at radius 1 is 1.17 bits per heavy atom. The lowest BCUT2D eigenvalue weighted by atomic mass is 9.96. The molecular weight excluding hydrogens is 386 g/mol. The van der Waals surface area contributed by atoms with Crippen LogP contribution < -0.4 is 10.6 Å². The van der Waals surface area contributed by atoms with Crippen LogP contribution in [0.5, 0.6) is 0 Å². The van der Waals surface area contributed by atoms with Crippen LogP contribution in [0, 0.1) is 5.92 Å². The zero-order chi connectivity index (χ0) is 20.6. The first-order chi connectivity index (χ1) is 14.0. The second-order valence-electron chi connectivity index (χ2n) is 8.62. The fraction of sp³-hybridized carbons (Fsp3) is 0.762. The highest BCUT2D eigenvalue weighted by Crippen LogP contribution is 2.24. The van der Waals surface area contributed by atoms with Crippen molar-refractivity contribution in [3.63, 3.8) is 0 Å². The third kappa shape index (κ3) is 6.96. The SMILES string of the molecule is CC(C)CCNC(=O)CN1CCN(C(=O)c2csc(NC3CCCCC3)n2)CC1. The van der Waals surface area contributed by atoms with Crippen molar-refractivity contribution in [2.24, 2.45) is 5.92 Å². The molecule has 1 saturated carbocycles. The summed E-state index contributed by atoms with van der Waals surface area (Å²) in [5.41, 5.74) is 0.535. The number of nitrogens with zero attached hydrogens (tertiary/aromatic N) is 3. The second kappa shape index (κ2) is 10.9. The van der Waals surface area contributed by atoms with Gasteiger partial charge in [0.15, 0.2) is 5.13 Å². The number of rotatable bonds is 8. The predicted molar refractivity (Wildman–Crippen MR) is 117 cm³/mol. The summed E-state index contributed by atoms with van der Waals surface area (Å²) in [5.74, 6) is 0.663. The first kappa shape index (κ1) is 22.0. The van der Waals surface area contributed by atoms with Gasteiger partial charge in [0, 0.05) is 44.1 Å². The van der Waals surface area contributed by atoms with E-state index in [0.717, 1.165) is 31.2 Å². The standard InChI is InChI=1S/C21H35N5O2S/c1-16(2)8-9-22-19(27)14-25-10-12-26(13-11-25)20(28)18-15-29-21(24-18)23-17-6-4-3-5-7-17/h15-17H,3-14H2,1-2H3,(H,22,27)(H,23,24). The molecule has 3 rings (SSSR count). The van der Waals surface area contributed by atoms with Gasteiger partial charge in [0.2, 0.25) is 5.91 Å². The maximum absolute atomic E-state index is 12.8. The number of carbonyl (C=O) groups is 2. The van der Waals surface area contributed by atoms with Crippen LogP contribution in [-0.2, 0) is 4.79 Å². The number of piperazine rings is 1. The molecule has 1 aromatic rings. The largest absolute Gasteiger partial charge is 0.359 e. The van der Waals surface area contributed by atoms with Gasteiger partial charge >= 0.3 is 0 Å². The fourth-order valence-corrected chi connectivity index (χ4v) is 4.65. The predicted octanol–water partition coefficient (Wildman–Crippen LogP) is 2.81. The molecule has 0 spiro atoms. The number of hydrogen-bond acceptors (Lipinski definition) is 6. The lowest BCUT2D eigenvalue weighted by molar-refractivity contribution is -0.122. The average molecular weight is 422 g/mol. The van der Waals surface area contributed by atoms with Crippen molar-refractivity contribution in [2.75, 3.05) is 44.6 Å². The molecule has 2 fully saturated rings. The molecule has 7 nitrogen and oxygen atoms in total. The third-order valence-electron chi connectivity index (χ3n) is 5.73. The van der Waals surface area contributed by atoms with Crippen LogP contribution >= 0.6 is 11.3 Å². The second-order valence-corrected chi connectivity index (χ2v) is 9.48. The lowest BCUT2D eigenvalue weighted by Crippen LogP contribution is -2.51. The average Bonchev–Trinajstić information content (AvgIpc) is 3.17. The maximum Gasteiger partial charge on any atom is 0.273 e. The van der Waals surface area contributed by atoms with Crippen LogP contribution in [0.4, 0.5) is 5.13 Å². The summed E-state index contributed by atoms with van der Waals surface area (Å²) < 4.78 is 0. The van der Waals surface area contributed by atoms with Crippen LogP contribution in [0.15, 0.2) is 5.38 Å². The monoisotopic (exact) mass is 421 g/mol. The molecule has 1 aromatic heterocycles.